The Morgan fingerprint density at radius 1 is 1.04 bits per heavy atom. The highest BCUT2D eigenvalue weighted by molar-refractivity contribution is 5.96. The average molecular weight is 330 g/mol. The monoisotopic (exact) mass is 330 g/mol. The van der Waals surface area contributed by atoms with Gasteiger partial charge in [-0.15, -0.1) is 0 Å². The standard InChI is InChI=1S/C17H22N4O3/c18-16(23)13-6-8-19(9-7-13)15(22)12-20-10-11-21(17(20)24)14-4-2-1-3-5-14/h1-5,13H,6-12H2,(H2,18,23). The molecule has 1 aromatic carbocycles. The summed E-state index contributed by atoms with van der Waals surface area (Å²) in [6.07, 6.45) is 1.20. The molecular weight excluding hydrogens is 308 g/mol. The number of amides is 4. The topological polar surface area (TPSA) is 86.9 Å². The molecule has 2 fully saturated rings. The summed E-state index contributed by atoms with van der Waals surface area (Å²) in [6.45, 7) is 2.26. The van der Waals surface area contributed by atoms with Crippen LogP contribution >= 0.6 is 0 Å². The van der Waals surface area contributed by atoms with Gasteiger partial charge in [-0.1, -0.05) is 18.2 Å². The molecule has 2 aliphatic heterocycles. The number of rotatable bonds is 4. The molecule has 24 heavy (non-hydrogen) atoms. The Labute approximate surface area is 141 Å². The third-order valence-corrected chi connectivity index (χ3v) is 4.74. The molecule has 0 atom stereocenters. The molecule has 2 heterocycles. The van der Waals surface area contributed by atoms with E-state index in [1.54, 1.807) is 14.7 Å². The maximum Gasteiger partial charge on any atom is 0.325 e. The molecule has 2 N–H and O–H groups in total. The van der Waals surface area contributed by atoms with E-state index in [2.05, 4.69) is 0 Å². The van der Waals surface area contributed by atoms with Gasteiger partial charge in [0.1, 0.15) is 6.54 Å². The van der Waals surface area contributed by atoms with Crippen LogP contribution in [0.5, 0.6) is 0 Å². The fourth-order valence-electron chi connectivity index (χ4n) is 3.25. The number of anilines is 1. The van der Waals surface area contributed by atoms with Crippen molar-refractivity contribution < 1.29 is 14.4 Å². The molecule has 1 aromatic rings. The third-order valence-electron chi connectivity index (χ3n) is 4.74. The lowest BCUT2D eigenvalue weighted by atomic mass is 9.96. The van der Waals surface area contributed by atoms with Gasteiger partial charge >= 0.3 is 6.03 Å². The van der Waals surface area contributed by atoms with E-state index in [0.29, 0.717) is 39.0 Å². The lowest BCUT2D eigenvalue weighted by molar-refractivity contribution is -0.135. The van der Waals surface area contributed by atoms with Gasteiger partial charge in [0.25, 0.3) is 0 Å². The Morgan fingerprint density at radius 2 is 1.71 bits per heavy atom. The van der Waals surface area contributed by atoms with E-state index < -0.39 is 0 Å². The van der Waals surface area contributed by atoms with Crippen molar-refractivity contribution in [2.45, 2.75) is 12.8 Å². The minimum absolute atomic E-state index is 0.0683. The summed E-state index contributed by atoms with van der Waals surface area (Å²) in [4.78, 5) is 41.1. The molecule has 0 radical (unpaired) electrons. The van der Waals surface area contributed by atoms with Gasteiger partial charge < -0.3 is 15.5 Å². The molecule has 3 rings (SSSR count). The van der Waals surface area contributed by atoms with Crippen LogP contribution in [0.4, 0.5) is 10.5 Å². The van der Waals surface area contributed by atoms with Crippen molar-refractivity contribution in [2.24, 2.45) is 11.7 Å². The second kappa shape index (κ2) is 6.90. The predicted molar refractivity (Wildman–Crippen MR) is 89.3 cm³/mol. The highest BCUT2D eigenvalue weighted by atomic mass is 16.2. The summed E-state index contributed by atoms with van der Waals surface area (Å²) in [7, 11) is 0. The minimum Gasteiger partial charge on any atom is -0.369 e. The zero-order valence-corrected chi connectivity index (χ0v) is 13.6. The molecule has 0 spiro atoms. The number of hydrogen-bond donors (Lipinski definition) is 1. The molecule has 0 bridgehead atoms. The van der Waals surface area contributed by atoms with Crippen molar-refractivity contribution in [3.8, 4) is 0 Å². The Balaban J connectivity index is 1.54. The molecule has 0 aliphatic carbocycles. The van der Waals surface area contributed by atoms with E-state index >= 15 is 0 Å². The smallest absolute Gasteiger partial charge is 0.325 e. The first-order valence-electron chi connectivity index (χ1n) is 8.25. The minimum atomic E-state index is -0.296. The number of hydrogen-bond acceptors (Lipinski definition) is 3. The largest absolute Gasteiger partial charge is 0.369 e. The van der Waals surface area contributed by atoms with Crippen molar-refractivity contribution in [1.29, 1.82) is 0 Å². The van der Waals surface area contributed by atoms with Crippen molar-refractivity contribution in [3.63, 3.8) is 0 Å². The van der Waals surface area contributed by atoms with Gasteiger partial charge in [0.2, 0.25) is 11.8 Å². The number of para-hydroxylation sites is 1. The van der Waals surface area contributed by atoms with E-state index in [9.17, 15) is 14.4 Å². The van der Waals surface area contributed by atoms with Crippen LogP contribution in [-0.4, -0.2) is 60.4 Å². The van der Waals surface area contributed by atoms with Crippen molar-refractivity contribution >= 4 is 23.5 Å². The van der Waals surface area contributed by atoms with Gasteiger partial charge in [0, 0.05) is 37.8 Å². The normalized spacial score (nSPS) is 19.0. The maximum atomic E-state index is 12.5. The number of likely N-dealkylation sites (tertiary alicyclic amines) is 1. The molecular formula is C17H22N4O3. The molecule has 0 saturated carbocycles. The third kappa shape index (κ3) is 3.34. The Morgan fingerprint density at radius 3 is 2.33 bits per heavy atom. The van der Waals surface area contributed by atoms with E-state index in [0.717, 1.165) is 5.69 Å². The molecule has 128 valence electrons. The van der Waals surface area contributed by atoms with Crippen LogP contribution in [0.3, 0.4) is 0 Å². The Kier molecular flexibility index (Phi) is 4.69. The molecule has 2 saturated heterocycles. The lowest BCUT2D eigenvalue weighted by Crippen LogP contribution is -2.46. The van der Waals surface area contributed by atoms with Gasteiger partial charge in [-0.05, 0) is 25.0 Å². The van der Waals surface area contributed by atoms with Crippen molar-refractivity contribution in [2.75, 3.05) is 37.6 Å². The van der Waals surface area contributed by atoms with Crippen LogP contribution in [0.25, 0.3) is 0 Å². The number of primary amides is 1. The Bertz CT molecular complexity index is 626. The van der Waals surface area contributed by atoms with E-state index in [4.69, 9.17) is 5.73 Å². The van der Waals surface area contributed by atoms with Gasteiger partial charge in [-0.3, -0.25) is 14.5 Å². The number of urea groups is 1. The van der Waals surface area contributed by atoms with Crippen LogP contribution < -0.4 is 10.6 Å². The summed E-state index contributed by atoms with van der Waals surface area (Å²) < 4.78 is 0. The number of carbonyl (C=O) groups is 3. The van der Waals surface area contributed by atoms with E-state index in [1.807, 2.05) is 30.3 Å². The van der Waals surface area contributed by atoms with Gasteiger partial charge in [0.15, 0.2) is 0 Å². The fourth-order valence-corrected chi connectivity index (χ4v) is 3.25. The molecule has 0 aromatic heterocycles. The predicted octanol–water partition coefficient (Wildman–Crippen LogP) is 0.652. The summed E-state index contributed by atoms with van der Waals surface area (Å²) in [5.41, 5.74) is 6.16. The van der Waals surface area contributed by atoms with Crippen LogP contribution in [0, 0.1) is 5.92 Å². The molecule has 7 heteroatoms. The van der Waals surface area contributed by atoms with Crippen LogP contribution in [0.2, 0.25) is 0 Å². The highest BCUT2D eigenvalue weighted by Crippen LogP contribution is 2.21. The average Bonchev–Trinajstić information content (AvgIpc) is 2.96. The molecule has 4 amide bonds. The zero-order valence-electron chi connectivity index (χ0n) is 13.6. The van der Waals surface area contributed by atoms with E-state index in [-0.39, 0.29) is 30.3 Å². The highest BCUT2D eigenvalue weighted by Gasteiger charge is 2.33. The van der Waals surface area contributed by atoms with Gasteiger partial charge in [0.05, 0.1) is 0 Å². The summed E-state index contributed by atoms with van der Waals surface area (Å²) >= 11 is 0. The van der Waals surface area contributed by atoms with Crippen molar-refractivity contribution in [1.82, 2.24) is 9.80 Å². The van der Waals surface area contributed by atoms with Crippen LogP contribution in [0.1, 0.15) is 12.8 Å². The van der Waals surface area contributed by atoms with Crippen LogP contribution in [0.15, 0.2) is 30.3 Å². The SMILES string of the molecule is NC(=O)C1CCN(C(=O)CN2CCN(c3ccccc3)C2=O)CC1. The first-order chi connectivity index (χ1) is 11.6. The van der Waals surface area contributed by atoms with Gasteiger partial charge in [-0.2, -0.15) is 0 Å². The molecule has 2 aliphatic rings. The number of benzene rings is 1. The Hall–Kier alpha value is -2.57. The summed E-state index contributed by atoms with van der Waals surface area (Å²) in [5.74, 6) is -0.507. The number of nitrogens with two attached hydrogens (primary N) is 1. The lowest BCUT2D eigenvalue weighted by Gasteiger charge is -2.31. The van der Waals surface area contributed by atoms with Crippen molar-refractivity contribution in [3.05, 3.63) is 30.3 Å². The number of carbonyl (C=O) groups excluding carboxylic acids is 3. The molecule has 7 nitrogen and oxygen atoms in total. The fraction of sp³-hybridized carbons (Fsp3) is 0.471. The van der Waals surface area contributed by atoms with Crippen LogP contribution in [-0.2, 0) is 9.59 Å². The summed E-state index contributed by atoms with van der Waals surface area (Å²) in [5, 5.41) is 0. The first-order valence-corrected chi connectivity index (χ1v) is 8.25. The second-order valence-electron chi connectivity index (χ2n) is 6.25. The summed E-state index contributed by atoms with van der Waals surface area (Å²) in [6, 6.07) is 9.32. The maximum absolute atomic E-state index is 12.5. The molecule has 0 unspecified atom stereocenters. The number of piperidine rings is 1. The first kappa shape index (κ1) is 16.3. The zero-order chi connectivity index (χ0) is 17.1. The van der Waals surface area contributed by atoms with Gasteiger partial charge in [-0.25, -0.2) is 4.79 Å². The number of nitrogens with zero attached hydrogens (tertiary/aromatic N) is 3. The second-order valence-corrected chi connectivity index (χ2v) is 6.25. The van der Waals surface area contributed by atoms with E-state index in [1.165, 1.54) is 0 Å². The quantitative estimate of drug-likeness (QED) is 0.879.